The van der Waals surface area contributed by atoms with Crippen LogP contribution in [0.3, 0.4) is 0 Å². The molecule has 0 aromatic rings. The molecule has 12 heavy (non-hydrogen) atoms. The molecule has 0 saturated carbocycles. The molecular formula is C6H11NO5. The molecule has 1 rings (SSSR count). The summed E-state index contributed by atoms with van der Waals surface area (Å²) in [6.07, 6.45) is -3.92. The van der Waals surface area contributed by atoms with Crippen molar-refractivity contribution < 1.29 is 25.2 Å². The van der Waals surface area contributed by atoms with Crippen LogP contribution in [0.2, 0.25) is 0 Å². The van der Waals surface area contributed by atoms with Gasteiger partial charge in [-0.25, -0.2) is 4.79 Å². The highest BCUT2D eigenvalue weighted by atomic mass is 16.4. The second-order valence-electron chi connectivity index (χ2n) is 2.78. The number of carbonyl (C=O) groups is 1. The monoisotopic (exact) mass is 177 g/mol. The molecule has 0 aliphatic carbocycles. The van der Waals surface area contributed by atoms with Gasteiger partial charge in [0.05, 0.1) is 18.2 Å². The molecule has 4 atom stereocenters. The number of aliphatic hydroxyl groups excluding tert-OH is 3. The maximum Gasteiger partial charge on any atom is 0.334 e. The van der Waals surface area contributed by atoms with Gasteiger partial charge in [-0.2, -0.15) is 0 Å². The van der Waals surface area contributed by atoms with E-state index >= 15 is 0 Å². The van der Waals surface area contributed by atoms with Crippen LogP contribution in [-0.4, -0.2) is 57.3 Å². The summed E-state index contributed by atoms with van der Waals surface area (Å²) in [5, 5.41) is 38.0. The lowest BCUT2D eigenvalue weighted by molar-refractivity contribution is -0.149. The maximum absolute atomic E-state index is 10.3. The molecule has 0 aromatic heterocycles. The molecular weight excluding hydrogens is 166 g/mol. The van der Waals surface area contributed by atoms with Gasteiger partial charge in [-0.05, 0) is 0 Å². The zero-order chi connectivity index (χ0) is 9.30. The van der Waals surface area contributed by atoms with Crippen molar-refractivity contribution in [3.05, 3.63) is 0 Å². The summed E-state index contributed by atoms with van der Waals surface area (Å²) in [6, 6.07) is -0.988. The van der Waals surface area contributed by atoms with Gasteiger partial charge in [0, 0.05) is 6.54 Å². The van der Waals surface area contributed by atoms with E-state index in [1.165, 1.54) is 0 Å². The molecule has 70 valence electrons. The van der Waals surface area contributed by atoms with E-state index in [9.17, 15) is 4.79 Å². The summed E-state index contributed by atoms with van der Waals surface area (Å²) >= 11 is 0. The number of carboxylic acid groups (broad SMARTS) is 1. The van der Waals surface area contributed by atoms with Crippen LogP contribution < -0.4 is 5.32 Å². The number of nitrogens with one attached hydrogen (secondary N) is 1. The molecule has 5 N–H and O–H groups in total. The van der Waals surface area contributed by atoms with Crippen molar-refractivity contribution in [3.63, 3.8) is 0 Å². The molecule has 0 amide bonds. The van der Waals surface area contributed by atoms with E-state index in [-0.39, 0.29) is 6.54 Å². The van der Waals surface area contributed by atoms with Crippen molar-refractivity contribution in [2.75, 3.05) is 6.54 Å². The second kappa shape index (κ2) is 3.36. The van der Waals surface area contributed by atoms with Crippen molar-refractivity contribution in [2.24, 2.45) is 0 Å². The molecule has 0 aromatic carbocycles. The fourth-order valence-corrected chi connectivity index (χ4v) is 1.19. The first kappa shape index (κ1) is 9.40. The van der Waals surface area contributed by atoms with E-state index in [4.69, 9.17) is 20.4 Å². The zero-order valence-corrected chi connectivity index (χ0v) is 6.21. The number of β-amino-alcohol motifs (C(OH)–C–C–N with tert-alkyl or cyclic N) is 1. The Morgan fingerprint density at radius 1 is 1.50 bits per heavy atom. The third-order valence-electron chi connectivity index (χ3n) is 1.92. The smallest absolute Gasteiger partial charge is 0.334 e. The van der Waals surface area contributed by atoms with Gasteiger partial charge in [-0.15, -0.1) is 0 Å². The predicted molar refractivity (Wildman–Crippen MR) is 37.4 cm³/mol. The fourth-order valence-electron chi connectivity index (χ4n) is 1.19. The Morgan fingerprint density at radius 3 is 2.42 bits per heavy atom. The minimum absolute atomic E-state index is 0.0934. The van der Waals surface area contributed by atoms with Crippen LogP contribution in [0.25, 0.3) is 0 Å². The van der Waals surface area contributed by atoms with Gasteiger partial charge in [-0.3, -0.25) is 0 Å². The minimum atomic E-state index is -1.68. The van der Waals surface area contributed by atoms with E-state index in [2.05, 4.69) is 5.32 Å². The van der Waals surface area contributed by atoms with Crippen molar-refractivity contribution >= 4 is 5.97 Å². The van der Waals surface area contributed by atoms with Crippen LogP contribution in [0.5, 0.6) is 0 Å². The Balaban J connectivity index is 2.59. The maximum atomic E-state index is 10.3. The Morgan fingerprint density at radius 2 is 2.08 bits per heavy atom. The zero-order valence-electron chi connectivity index (χ0n) is 6.21. The molecule has 0 bridgehead atoms. The Bertz CT molecular complexity index is 185. The van der Waals surface area contributed by atoms with Gasteiger partial charge in [0.15, 0.2) is 6.10 Å². The number of hydrogen-bond donors (Lipinski definition) is 5. The van der Waals surface area contributed by atoms with Crippen molar-refractivity contribution in [3.8, 4) is 0 Å². The molecule has 6 heteroatoms. The topological polar surface area (TPSA) is 110 Å². The van der Waals surface area contributed by atoms with Gasteiger partial charge in [0.25, 0.3) is 0 Å². The molecule has 0 spiro atoms. The van der Waals surface area contributed by atoms with E-state index in [1.54, 1.807) is 0 Å². The van der Waals surface area contributed by atoms with Crippen LogP contribution in [0.15, 0.2) is 0 Å². The normalized spacial score (nSPS) is 38.1. The average Bonchev–Trinajstić information content (AvgIpc) is 2.32. The van der Waals surface area contributed by atoms with E-state index < -0.39 is 30.3 Å². The van der Waals surface area contributed by atoms with Gasteiger partial charge in [0.1, 0.15) is 0 Å². The highest BCUT2D eigenvalue weighted by Gasteiger charge is 2.40. The lowest BCUT2D eigenvalue weighted by Crippen LogP contribution is -2.47. The van der Waals surface area contributed by atoms with Gasteiger partial charge >= 0.3 is 5.97 Å². The van der Waals surface area contributed by atoms with Crippen molar-refractivity contribution in [2.45, 2.75) is 24.4 Å². The van der Waals surface area contributed by atoms with Crippen LogP contribution in [0.4, 0.5) is 0 Å². The van der Waals surface area contributed by atoms with E-state index in [0.717, 1.165) is 0 Å². The van der Waals surface area contributed by atoms with Crippen molar-refractivity contribution in [1.82, 2.24) is 5.32 Å². The van der Waals surface area contributed by atoms with Crippen molar-refractivity contribution in [1.29, 1.82) is 0 Å². The summed E-state index contributed by atoms with van der Waals surface area (Å²) in [4.78, 5) is 10.3. The van der Waals surface area contributed by atoms with Gasteiger partial charge < -0.3 is 25.7 Å². The molecule has 1 saturated heterocycles. The summed E-state index contributed by atoms with van der Waals surface area (Å²) < 4.78 is 0. The number of aliphatic carboxylic acids is 1. The quantitative estimate of drug-likeness (QED) is 0.310. The van der Waals surface area contributed by atoms with Gasteiger partial charge in [0.2, 0.25) is 0 Å². The molecule has 1 heterocycles. The summed E-state index contributed by atoms with van der Waals surface area (Å²) in [5.41, 5.74) is 0. The minimum Gasteiger partial charge on any atom is -0.479 e. The van der Waals surface area contributed by atoms with Crippen LogP contribution in [0.1, 0.15) is 0 Å². The first-order chi connectivity index (χ1) is 5.54. The second-order valence-corrected chi connectivity index (χ2v) is 2.78. The molecule has 1 aliphatic rings. The molecule has 0 unspecified atom stereocenters. The lowest BCUT2D eigenvalue weighted by Gasteiger charge is -2.18. The van der Waals surface area contributed by atoms with E-state index in [1.807, 2.05) is 0 Å². The summed E-state index contributed by atoms with van der Waals surface area (Å²) in [6.45, 7) is 0.0934. The molecule has 1 fully saturated rings. The largest absolute Gasteiger partial charge is 0.479 e. The predicted octanol–water partition coefficient (Wildman–Crippen LogP) is -2.87. The Kier molecular flexibility index (Phi) is 2.63. The number of carboxylic acids is 1. The third-order valence-corrected chi connectivity index (χ3v) is 1.92. The molecule has 1 aliphatic heterocycles. The lowest BCUT2D eigenvalue weighted by atomic mass is 10.1. The highest BCUT2D eigenvalue weighted by molar-refractivity contribution is 5.73. The molecule has 6 nitrogen and oxygen atoms in total. The average molecular weight is 177 g/mol. The van der Waals surface area contributed by atoms with E-state index in [0.29, 0.717) is 0 Å². The number of hydrogen-bond acceptors (Lipinski definition) is 5. The summed E-state index contributed by atoms with van der Waals surface area (Å²) in [5.74, 6) is -1.42. The summed E-state index contributed by atoms with van der Waals surface area (Å²) in [7, 11) is 0. The SMILES string of the molecule is O=C(O)[C@H](O)[C@@H]1NC[C@@H](O)[C@H]1O. The number of rotatable bonds is 2. The highest BCUT2D eigenvalue weighted by Crippen LogP contribution is 2.11. The van der Waals surface area contributed by atoms with Crippen LogP contribution in [0, 0.1) is 0 Å². The third kappa shape index (κ3) is 1.56. The fraction of sp³-hybridized carbons (Fsp3) is 0.833. The van der Waals surface area contributed by atoms with Crippen LogP contribution >= 0.6 is 0 Å². The Hall–Kier alpha value is -0.690. The van der Waals surface area contributed by atoms with Crippen LogP contribution in [-0.2, 0) is 4.79 Å². The standard InChI is InChI=1S/C6H11NO5/c8-2-1-7-3(4(2)9)5(10)6(11)12/h2-5,7-10H,1H2,(H,11,12)/t2-,3-,4-,5-/m1/s1. The first-order valence-corrected chi connectivity index (χ1v) is 3.54. The molecule has 0 radical (unpaired) electrons. The first-order valence-electron chi connectivity index (χ1n) is 3.54. The Labute approximate surface area is 68.4 Å². The number of aliphatic hydroxyl groups is 3. The van der Waals surface area contributed by atoms with Gasteiger partial charge in [-0.1, -0.05) is 0 Å².